The van der Waals surface area contributed by atoms with Gasteiger partial charge < -0.3 is 9.47 Å². The molecular formula is C27H28O3. The van der Waals surface area contributed by atoms with Gasteiger partial charge in [-0.05, 0) is 53.6 Å². The highest BCUT2D eigenvalue weighted by molar-refractivity contribution is 5.85. The second-order valence-electron chi connectivity index (χ2n) is 9.06. The van der Waals surface area contributed by atoms with Crippen LogP contribution in [0.25, 0.3) is 0 Å². The fraction of sp³-hybridized carbons (Fsp3) is 0.296. The molecule has 0 aromatic heterocycles. The van der Waals surface area contributed by atoms with Crippen LogP contribution in [0.15, 0.2) is 60.7 Å². The van der Waals surface area contributed by atoms with Crippen molar-refractivity contribution >= 4 is 5.97 Å². The summed E-state index contributed by atoms with van der Waals surface area (Å²) in [5, 5.41) is 0. The molecule has 0 saturated heterocycles. The number of aryl methyl sites for hydroxylation is 2. The lowest BCUT2D eigenvalue weighted by Gasteiger charge is -2.27. The lowest BCUT2D eigenvalue weighted by atomic mass is 9.84. The molecule has 3 aromatic carbocycles. The second-order valence-corrected chi connectivity index (χ2v) is 9.06. The van der Waals surface area contributed by atoms with Crippen LogP contribution in [0.3, 0.4) is 0 Å². The Hall–Kier alpha value is -3.07. The summed E-state index contributed by atoms with van der Waals surface area (Å²) in [6.07, 6.45) is 0. The van der Waals surface area contributed by atoms with E-state index in [2.05, 4.69) is 46.8 Å². The largest absolute Gasteiger partial charge is 0.460 e. The Morgan fingerprint density at radius 2 is 1.40 bits per heavy atom. The van der Waals surface area contributed by atoms with Gasteiger partial charge in [0.25, 0.3) is 0 Å². The molecule has 0 bridgehead atoms. The average Bonchev–Trinajstić information content (AvgIpc) is 2.70. The molecule has 154 valence electrons. The Morgan fingerprint density at radius 3 is 1.90 bits per heavy atom. The molecule has 0 unspecified atom stereocenters. The number of hydrogen-bond donors (Lipinski definition) is 0. The van der Waals surface area contributed by atoms with E-state index in [1.54, 1.807) is 0 Å². The number of benzene rings is 3. The van der Waals surface area contributed by atoms with Gasteiger partial charge in [-0.1, -0.05) is 69.3 Å². The van der Waals surface area contributed by atoms with E-state index in [1.807, 2.05) is 48.5 Å². The van der Waals surface area contributed by atoms with E-state index in [-0.39, 0.29) is 18.0 Å². The molecule has 0 amide bonds. The maximum Gasteiger partial charge on any atom is 0.318 e. The summed E-state index contributed by atoms with van der Waals surface area (Å²) in [4.78, 5) is 13.3. The third-order valence-electron chi connectivity index (χ3n) is 5.84. The van der Waals surface area contributed by atoms with Gasteiger partial charge in [0.2, 0.25) is 0 Å². The molecule has 1 heterocycles. The van der Waals surface area contributed by atoms with Gasteiger partial charge in [-0.2, -0.15) is 0 Å². The van der Waals surface area contributed by atoms with Crippen LogP contribution in [0.1, 0.15) is 60.1 Å². The van der Waals surface area contributed by atoms with E-state index < -0.39 is 5.92 Å². The second kappa shape index (κ2) is 7.64. The maximum atomic E-state index is 13.3. The highest BCUT2D eigenvalue weighted by Crippen LogP contribution is 2.44. The summed E-state index contributed by atoms with van der Waals surface area (Å²) in [6.45, 7) is 11.1. The van der Waals surface area contributed by atoms with E-state index in [0.29, 0.717) is 11.5 Å². The molecule has 1 aliphatic rings. The molecule has 0 atom stereocenters. The van der Waals surface area contributed by atoms with Crippen molar-refractivity contribution in [3.8, 4) is 11.5 Å². The first-order valence-corrected chi connectivity index (χ1v) is 10.4. The molecule has 3 heteroatoms. The maximum absolute atomic E-state index is 13.3. The van der Waals surface area contributed by atoms with Gasteiger partial charge in [0.15, 0.2) is 0 Å². The van der Waals surface area contributed by atoms with E-state index >= 15 is 0 Å². The monoisotopic (exact) mass is 400 g/mol. The van der Waals surface area contributed by atoms with E-state index in [9.17, 15) is 4.79 Å². The van der Waals surface area contributed by atoms with Crippen LogP contribution in [-0.2, 0) is 21.6 Å². The van der Waals surface area contributed by atoms with Crippen molar-refractivity contribution in [1.29, 1.82) is 0 Å². The number of hydrogen-bond acceptors (Lipinski definition) is 3. The van der Waals surface area contributed by atoms with Crippen molar-refractivity contribution in [1.82, 2.24) is 0 Å². The van der Waals surface area contributed by atoms with Gasteiger partial charge in [0.05, 0.1) is 0 Å². The number of fused-ring (bicyclic) bond motifs is 2. The van der Waals surface area contributed by atoms with E-state index in [1.165, 1.54) is 5.56 Å². The molecule has 0 N–H and O–H groups in total. The molecular weight excluding hydrogens is 372 g/mol. The first-order chi connectivity index (χ1) is 14.3. The Balaban J connectivity index is 1.62. The van der Waals surface area contributed by atoms with Crippen LogP contribution >= 0.6 is 0 Å². The van der Waals surface area contributed by atoms with Crippen molar-refractivity contribution in [2.45, 2.75) is 52.6 Å². The summed E-state index contributed by atoms with van der Waals surface area (Å²) in [5.74, 6) is 0.678. The summed E-state index contributed by atoms with van der Waals surface area (Å²) >= 11 is 0. The van der Waals surface area contributed by atoms with Gasteiger partial charge in [-0.15, -0.1) is 0 Å². The summed E-state index contributed by atoms with van der Waals surface area (Å²) < 4.78 is 11.9. The van der Waals surface area contributed by atoms with Crippen LogP contribution in [0.2, 0.25) is 0 Å². The third-order valence-corrected chi connectivity index (χ3v) is 5.84. The lowest BCUT2D eigenvalue weighted by molar-refractivity contribution is -0.145. The molecule has 0 saturated carbocycles. The molecule has 0 aliphatic carbocycles. The molecule has 3 nitrogen and oxygen atoms in total. The van der Waals surface area contributed by atoms with Crippen molar-refractivity contribution in [2.24, 2.45) is 0 Å². The van der Waals surface area contributed by atoms with Gasteiger partial charge in [0, 0.05) is 11.1 Å². The first kappa shape index (κ1) is 20.2. The number of carbonyl (C=O) groups is 1. The number of carbonyl (C=O) groups excluding carboxylic acids is 1. The number of ether oxygens (including phenoxy) is 2. The summed E-state index contributed by atoms with van der Waals surface area (Å²) in [5.41, 5.74) is 6.45. The molecule has 1 aliphatic heterocycles. The van der Waals surface area contributed by atoms with Gasteiger partial charge in [-0.25, -0.2) is 0 Å². The minimum Gasteiger partial charge on any atom is -0.460 e. The predicted molar refractivity (Wildman–Crippen MR) is 119 cm³/mol. The smallest absolute Gasteiger partial charge is 0.318 e. The zero-order chi connectivity index (χ0) is 21.5. The minimum absolute atomic E-state index is 0.0836. The van der Waals surface area contributed by atoms with E-state index in [4.69, 9.17) is 9.47 Å². The molecule has 0 fully saturated rings. The van der Waals surface area contributed by atoms with Gasteiger partial charge >= 0.3 is 5.97 Å². The number of para-hydroxylation sites is 2. The SMILES string of the molecule is Cc1cc(C(C)(C)C)cc(C)c1COC(=O)C1c2ccccc2Oc2ccccc21. The number of esters is 1. The first-order valence-electron chi connectivity index (χ1n) is 10.4. The average molecular weight is 401 g/mol. The number of rotatable bonds is 3. The van der Waals surface area contributed by atoms with Crippen LogP contribution in [-0.4, -0.2) is 5.97 Å². The predicted octanol–water partition coefficient (Wildman–Crippen LogP) is 6.58. The molecule has 30 heavy (non-hydrogen) atoms. The van der Waals surface area contributed by atoms with Crippen molar-refractivity contribution < 1.29 is 14.3 Å². The van der Waals surface area contributed by atoms with Crippen LogP contribution in [0.4, 0.5) is 0 Å². The zero-order valence-electron chi connectivity index (χ0n) is 18.3. The van der Waals surface area contributed by atoms with E-state index in [0.717, 1.165) is 27.8 Å². The van der Waals surface area contributed by atoms with Gasteiger partial charge in [-0.3, -0.25) is 4.79 Å². The van der Waals surface area contributed by atoms with Crippen molar-refractivity contribution in [3.05, 3.63) is 94.0 Å². The molecule has 4 rings (SSSR count). The van der Waals surface area contributed by atoms with Crippen LogP contribution < -0.4 is 4.74 Å². The van der Waals surface area contributed by atoms with Crippen LogP contribution in [0, 0.1) is 13.8 Å². The quantitative estimate of drug-likeness (QED) is 0.466. The third kappa shape index (κ3) is 3.72. The molecule has 0 spiro atoms. The standard InChI is InChI=1S/C27H28O3/c1-17-14-19(27(3,4)5)15-18(2)22(17)16-29-26(28)25-20-10-6-8-12-23(20)30-24-13-9-7-11-21(24)25/h6-15,25H,16H2,1-5H3. The van der Waals surface area contributed by atoms with Crippen molar-refractivity contribution in [2.75, 3.05) is 0 Å². The Bertz CT molecular complexity index is 1040. The van der Waals surface area contributed by atoms with Crippen LogP contribution in [0.5, 0.6) is 11.5 Å². The Morgan fingerprint density at radius 1 is 0.900 bits per heavy atom. The lowest BCUT2D eigenvalue weighted by Crippen LogP contribution is -2.21. The topological polar surface area (TPSA) is 35.5 Å². The summed E-state index contributed by atoms with van der Waals surface area (Å²) in [7, 11) is 0. The Kier molecular flexibility index (Phi) is 5.15. The highest BCUT2D eigenvalue weighted by atomic mass is 16.5. The normalized spacial score (nSPS) is 13.2. The summed E-state index contributed by atoms with van der Waals surface area (Å²) in [6, 6.07) is 19.8. The van der Waals surface area contributed by atoms with Crippen molar-refractivity contribution in [3.63, 3.8) is 0 Å². The molecule has 0 radical (unpaired) electrons. The van der Waals surface area contributed by atoms with Gasteiger partial charge in [0.1, 0.15) is 24.0 Å². The Labute approximate surface area is 178 Å². The zero-order valence-corrected chi connectivity index (χ0v) is 18.3. The highest BCUT2D eigenvalue weighted by Gasteiger charge is 2.33. The fourth-order valence-electron chi connectivity index (χ4n) is 4.04. The minimum atomic E-state index is -0.486. The fourth-order valence-corrected chi connectivity index (χ4v) is 4.04. The molecule has 3 aromatic rings.